The molecule has 2 aliphatic rings. The molecule has 1 saturated carbocycles. The molecule has 1 aliphatic carbocycles. The highest BCUT2D eigenvalue weighted by molar-refractivity contribution is 9.11. The third kappa shape index (κ3) is 2.73. The number of nitrogens with zero attached hydrogens (tertiary/aromatic N) is 1. The number of aliphatic carboxylic acids is 1. The summed E-state index contributed by atoms with van der Waals surface area (Å²) in [4.78, 5) is 13.7. The minimum absolute atomic E-state index is 0.285. The van der Waals surface area contributed by atoms with E-state index in [-0.39, 0.29) is 6.04 Å². The Morgan fingerprint density at radius 2 is 2.26 bits per heavy atom. The molecule has 3 nitrogen and oxygen atoms in total. The van der Waals surface area contributed by atoms with Gasteiger partial charge in [-0.1, -0.05) is 12.8 Å². The van der Waals surface area contributed by atoms with Crippen molar-refractivity contribution < 1.29 is 9.90 Å². The lowest BCUT2D eigenvalue weighted by atomic mass is 9.85. The van der Waals surface area contributed by atoms with Gasteiger partial charge in [0, 0.05) is 12.6 Å². The van der Waals surface area contributed by atoms with Gasteiger partial charge in [-0.25, -0.2) is 0 Å². The van der Waals surface area contributed by atoms with Gasteiger partial charge in [-0.05, 0) is 58.1 Å². The van der Waals surface area contributed by atoms with Crippen LogP contribution in [-0.2, 0) is 11.3 Å². The maximum atomic E-state index is 11.5. The second kappa shape index (κ2) is 5.54. The molecule has 0 bridgehead atoms. The summed E-state index contributed by atoms with van der Waals surface area (Å²) in [7, 11) is 0. The van der Waals surface area contributed by atoms with Crippen molar-refractivity contribution in [3.05, 3.63) is 20.8 Å². The van der Waals surface area contributed by atoms with Crippen molar-refractivity contribution in [3.63, 3.8) is 0 Å². The summed E-state index contributed by atoms with van der Waals surface area (Å²) in [6, 6.07) is 2.31. The first kappa shape index (κ1) is 13.6. The van der Waals surface area contributed by atoms with Gasteiger partial charge >= 0.3 is 5.97 Å². The van der Waals surface area contributed by atoms with Gasteiger partial charge < -0.3 is 5.11 Å². The molecular weight excluding hydrogens is 326 g/mol. The number of carboxylic acids is 1. The number of halogens is 1. The fourth-order valence-electron chi connectivity index (χ4n) is 3.66. The van der Waals surface area contributed by atoms with E-state index in [0.29, 0.717) is 12.0 Å². The summed E-state index contributed by atoms with van der Waals surface area (Å²) >= 11 is 5.15. The van der Waals surface area contributed by atoms with Crippen LogP contribution >= 0.6 is 27.3 Å². The normalized spacial score (nSPS) is 31.3. The largest absolute Gasteiger partial charge is 0.480 e. The van der Waals surface area contributed by atoms with E-state index in [0.717, 1.165) is 16.8 Å². The van der Waals surface area contributed by atoms with Crippen molar-refractivity contribution in [2.75, 3.05) is 0 Å². The van der Waals surface area contributed by atoms with Gasteiger partial charge in [-0.3, -0.25) is 9.69 Å². The molecule has 3 rings (SSSR count). The molecule has 0 radical (unpaired) electrons. The van der Waals surface area contributed by atoms with E-state index < -0.39 is 5.97 Å². The lowest BCUT2D eigenvalue weighted by molar-refractivity contribution is -0.142. The van der Waals surface area contributed by atoms with E-state index in [2.05, 4.69) is 32.3 Å². The van der Waals surface area contributed by atoms with E-state index in [1.165, 1.54) is 31.2 Å². The molecule has 1 N–H and O–H groups in total. The van der Waals surface area contributed by atoms with Crippen LogP contribution in [0.5, 0.6) is 0 Å². The van der Waals surface area contributed by atoms with Crippen LogP contribution < -0.4 is 0 Å². The third-order valence-electron chi connectivity index (χ3n) is 4.49. The highest BCUT2D eigenvalue weighted by Gasteiger charge is 2.44. The topological polar surface area (TPSA) is 40.5 Å². The molecule has 3 atom stereocenters. The standard InChI is InChI=1S/C14H18BrNO2S/c15-13-5-9(8-19-13)7-16-11-4-2-1-3-10(11)6-12(16)14(17)18/h5,8,10-12H,1-4,6-7H2,(H,17,18)/t10-,11-,12+/m1/s1. The van der Waals surface area contributed by atoms with Crippen LogP contribution in [0.1, 0.15) is 37.7 Å². The van der Waals surface area contributed by atoms with Gasteiger partial charge in [-0.15, -0.1) is 11.3 Å². The second-order valence-electron chi connectivity index (χ2n) is 5.63. The van der Waals surface area contributed by atoms with Crippen LogP contribution in [-0.4, -0.2) is 28.1 Å². The Morgan fingerprint density at radius 3 is 2.95 bits per heavy atom. The monoisotopic (exact) mass is 343 g/mol. The predicted octanol–water partition coefficient (Wildman–Crippen LogP) is 3.73. The van der Waals surface area contributed by atoms with E-state index in [4.69, 9.17) is 0 Å². The van der Waals surface area contributed by atoms with Gasteiger partial charge in [0.25, 0.3) is 0 Å². The number of fused-ring (bicyclic) bond motifs is 1. The first-order valence-corrected chi connectivity index (χ1v) is 8.54. The summed E-state index contributed by atoms with van der Waals surface area (Å²) in [5.74, 6) is -0.0550. The quantitative estimate of drug-likeness (QED) is 0.908. The summed E-state index contributed by atoms with van der Waals surface area (Å²) in [6.45, 7) is 0.778. The van der Waals surface area contributed by atoms with Crippen LogP contribution in [0.4, 0.5) is 0 Å². The second-order valence-corrected chi connectivity index (χ2v) is 7.92. The van der Waals surface area contributed by atoms with Crippen LogP contribution in [0.25, 0.3) is 0 Å². The number of likely N-dealkylation sites (tertiary alicyclic amines) is 1. The minimum atomic E-state index is -0.649. The number of carbonyl (C=O) groups is 1. The summed E-state index contributed by atoms with van der Waals surface area (Å²) in [5.41, 5.74) is 1.23. The lowest BCUT2D eigenvalue weighted by Gasteiger charge is -2.32. The number of rotatable bonds is 3. The van der Waals surface area contributed by atoms with Crippen molar-refractivity contribution in [1.29, 1.82) is 0 Å². The summed E-state index contributed by atoms with van der Waals surface area (Å²) in [6.07, 6.45) is 5.73. The number of hydrogen-bond acceptors (Lipinski definition) is 3. The Morgan fingerprint density at radius 1 is 1.47 bits per heavy atom. The van der Waals surface area contributed by atoms with E-state index in [1.807, 2.05) is 0 Å². The van der Waals surface area contributed by atoms with Crippen LogP contribution in [0, 0.1) is 5.92 Å². The highest BCUT2D eigenvalue weighted by atomic mass is 79.9. The van der Waals surface area contributed by atoms with Crippen LogP contribution in [0.2, 0.25) is 0 Å². The lowest BCUT2D eigenvalue weighted by Crippen LogP contribution is -2.41. The molecule has 1 aromatic rings. The summed E-state index contributed by atoms with van der Waals surface area (Å²) in [5, 5.41) is 11.6. The fraction of sp³-hybridized carbons (Fsp3) is 0.643. The Labute approximate surface area is 125 Å². The molecule has 1 aliphatic heterocycles. The molecule has 19 heavy (non-hydrogen) atoms. The molecule has 0 unspecified atom stereocenters. The molecule has 0 aromatic carbocycles. The van der Waals surface area contributed by atoms with Crippen molar-refractivity contribution >= 4 is 33.2 Å². The summed E-state index contributed by atoms with van der Waals surface area (Å²) < 4.78 is 1.12. The first-order valence-electron chi connectivity index (χ1n) is 6.86. The number of hydrogen-bond donors (Lipinski definition) is 1. The van der Waals surface area contributed by atoms with Gasteiger partial charge in [0.05, 0.1) is 3.79 Å². The van der Waals surface area contributed by atoms with Gasteiger partial charge in [0.15, 0.2) is 0 Å². The Balaban J connectivity index is 1.80. The molecular formula is C14H18BrNO2S. The SMILES string of the molecule is O=C(O)[C@@H]1C[C@H]2CCCC[C@H]2N1Cc1csc(Br)c1. The van der Waals surface area contributed by atoms with Crippen molar-refractivity contribution in [1.82, 2.24) is 4.90 Å². The van der Waals surface area contributed by atoms with Crippen molar-refractivity contribution in [2.45, 2.75) is 50.7 Å². The van der Waals surface area contributed by atoms with Crippen molar-refractivity contribution in [3.8, 4) is 0 Å². The maximum absolute atomic E-state index is 11.5. The average molecular weight is 344 g/mol. The Hall–Kier alpha value is -0.390. The van der Waals surface area contributed by atoms with E-state index in [9.17, 15) is 9.90 Å². The molecule has 1 saturated heterocycles. The molecule has 104 valence electrons. The Bertz CT molecular complexity index is 476. The zero-order chi connectivity index (χ0) is 13.4. The van der Waals surface area contributed by atoms with Gasteiger partial charge in [-0.2, -0.15) is 0 Å². The zero-order valence-electron chi connectivity index (χ0n) is 10.7. The average Bonchev–Trinajstić information content (AvgIpc) is 2.95. The maximum Gasteiger partial charge on any atom is 0.320 e. The molecule has 0 spiro atoms. The predicted molar refractivity (Wildman–Crippen MR) is 79.3 cm³/mol. The molecule has 5 heteroatoms. The van der Waals surface area contributed by atoms with E-state index in [1.54, 1.807) is 11.3 Å². The van der Waals surface area contributed by atoms with Gasteiger partial charge in [0.1, 0.15) is 6.04 Å². The minimum Gasteiger partial charge on any atom is -0.480 e. The fourth-order valence-corrected chi connectivity index (χ4v) is 4.86. The number of thiophene rings is 1. The Kier molecular flexibility index (Phi) is 3.96. The third-order valence-corrected chi connectivity index (χ3v) is 6.05. The highest BCUT2D eigenvalue weighted by Crippen LogP contribution is 2.40. The van der Waals surface area contributed by atoms with Gasteiger partial charge in [0.2, 0.25) is 0 Å². The zero-order valence-corrected chi connectivity index (χ0v) is 13.1. The van der Waals surface area contributed by atoms with E-state index >= 15 is 0 Å². The number of carboxylic acid groups (broad SMARTS) is 1. The molecule has 1 aromatic heterocycles. The van der Waals surface area contributed by atoms with Crippen molar-refractivity contribution in [2.24, 2.45) is 5.92 Å². The smallest absolute Gasteiger partial charge is 0.320 e. The van der Waals surface area contributed by atoms with Crippen LogP contribution in [0.15, 0.2) is 15.2 Å². The van der Waals surface area contributed by atoms with Crippen LogP contribution in [0.3, 0.4) is 0 Å². The molecule has 2 heterocycles. The first-order chi connectivity index (χ1) is 9.15. The molecule has 2 fully saturated rings. The molecule has 0 amide bonds.